The van der Waals surface area contributed by atoms with Crippen LogP contribution in [-0.4, -0.2) is 37.3 Å². The number of thiocarbonyl (C=S) groups is 1. The molecule has 0 aliphatic carbocycles. The molecule has 170 valence electrons. The molecule has 2 heterocycles. The van der Waals surface area contributed by atoms with Gasteiger partial charge in [0, 0.05) is 37.0 Å². The number of carboxylic acids is 1. The van der Waals surface area contributed by atoms with Gasteiger partial charge in [0.15, 0.2) is 11.6 Å². The van der Waals surface area contributed by atoms with Crippen molar-refractivity contribution in [3.05, 3.63) is 64.6 Å². The van der Waals surface area contributed by atoms with Crippen molar-refractivity contribution >= 4 is 57.2 Å². The second-order valence-corrected chi connectivity index (χ2v) is 8.98. The number of fused-ring (bicyclic) bond motifs is 1. The molecule has 1 aliphatic rings. The molecule has 0 radical (unpaired) electrons. The summed E-state index contributed by atoms with van der Waals surface area (Å²) in [6, 6.07) is 10.4. The quantitative estimate of drug-likeness (QED) is 0.359. The van der Waals surface area contributed by atoms with E-state index < -0.39 is 17.6 Å². The van der Waals surface area contributed by atoms with E-state index in [1.165, 1.54) is 11.0 Å². The molecular weight excluding hydrogens is 470 g/mol. The summed E-state index contributed by atoms with van der Waals surface area (Å²) in [6.45, 7) is 0.202. The number of carboxylic acid groups (broad SMARTS) is 1. The van der Waals surface area contributed by atoms with Gasteiger partial charge in [-0.05, 0) is 30.7 Å². The van der Waals surface area contributed by atoms with E-state index in [1.54, 1.807) is 17.7 Å². The molecule has 3 aromatic rings. The highest BCUT2D eigenvalue weighted by atomic mass is 32.2. The fourth-order valence-electron chi connectivity index (χ4n) is 3.54. The highest BCUT2D eigenvalue weighted by Crippen LogP contribution is 2.40. The smallest absolute Gasteiger partial charge is 0.303 e. The zero-order valence-corrected chi connectivity index (χ0v) is 19.0. The van der Waals surface area contributed by atoms with Crippen LogP contribution in [0, 0.1) is 11.6 Å². The van der Waals surface area contributed by atoms with Gasteiger partial charge in [-0.1, -0.05) is 42.2 Å². The standard InChI is InChI=1S/C23H18F2N2O4S2/c1-26-17-6-3-2-5-14(17)15(22(26)31-18-9-8-13(24)11-16(18)25)12-19-21(30)27(23(32)33-19)10-4-7-20(28)29/h2-3,5-6,8-9,11-12H,4,7,10H2,1H3,(H,28,29)/b19-12+. The summed E-state index contributed by atoms with van der Waals surface area (Å²) >= 11 is 6.42. The molecule has 1 fully saturated rings. The first kappa shape index (κ1) is 22.9. The molecule has 1 aromatic heterocycles. The van der Waals surface area contributed by atoms with Gasteiger partial charge < -0.3 is 14.4 Å². The third-order valence-corrected chi connectivity index (χ3v) is 6.49. The highest BCUT2D eigenvalue weighted by molar-refractivity contribution is 8.26. The summed E-state index contributed by atoms with van der Waals surface area (Å²) in [5.74, 6) is -2.72. The monoisotopic (exact) mass is 488 g/mol. The van der Waals surface area contributed by atoms with Crippen molar-refractivity contribution in [2.75, 3.05) is 6.54 Å². The van der Waals surface area contributed by atoms with Gasteiger partial charge in [-0.25, -0.2) is 8.78 Å². The maximum atomic E-state index is 14.3. The number of hydrogen-bond donors (Lipinski definition) is 1. The third-order valence-electron chi connectivity index (χ3n) is 5.11. The first-order valence-corrected chi connectivity index (χ1v) is 11.2. The molecule has 2 aromatic carbocycles. The molecule has 10 heteroatoms. The summed E-state index contributed by atoms with van der Waals surface area (Å²) in [4.78, 5) is 25.5. The van der Waals surface area contributed by atoms with Gasteiger partial charge in [0.25, 0.3) is 5.91 Å². The van der Waals surface area contributed by atoms with E-state index in [9.17, 15) is 18.4 Å². The molecule has 0 saturated carbocycles. The summed E-state index contributed by atoms with van der Waals surface area (Å²) in [5.41, 5.74) is 1.33. The Morgan fingerprint density at radius 2 is 2.00 bits per heavy atom. The van der Waals surface area contributed by atoms with Crippen LogP contribution in [0.25, 0.3) is 17.0 Å². The van der Waals surface area contributed by atoms with Gasteiger partial charge in [-0.2, -0.15) is 0 Å². The van der Waals surface area contributed by atoms with Crippen LogP contribution in [0.3, 0.4) is 0 Å². The number of carbonyl (C=O) groups excluding carboxylic acids is 1. The van der Waals surface area contributed by atoms with Crippen molar-refractivity contribution in [1.29, 1.82) is 0 Å². The number of para-hydroxylation sites is 1. The Morgan fingerprint density at radius 3 is 2.73 bits per heavy atom. The number of benzene rings is 2. The number of aryl methyl sites for hydroxylation is 1. The third kappa shape index (κ3) is 4.62. The lowest BCUT2D eigenvalue weighted by atomic mass is 10.1. The van der Waals surface area contributed by atoms with Gasteiger partial charge >= 0.3 is 5.97 Å². The van der Waals surface area contributed by atoms with Crippen LogP contribution < -0.4 is 4.74 Å². The van der Waals surface area contributed by atoms with Gasteiger partial charge in [-0.15, -0.1) is 0 Å². The lowest BCUT2D eigenvalue weighted by Gasteiger charge is -2.13. The molecular formula is C23H18F2N2O4S2. The molecule has 1 N–H and O–H groups in total. The summed E-state index contributed by atoms with van der Waals surface area (Å²) in [5, 5.41) is 9.61. The number of amides is 1. The molecule has 1 saturated heterocycles. The maximum Gasteiger partial charge on any atom is 0.303 e. The molecule has 6 nitrogen and oxygen atoms in total. The predicted molar refractivity (Wildman–Crippen MR) is 126 cm³/mol. The van der Waals surface area contributed by atoms with Crippen LogP contribution in [0.2, 0.25) is 0 Å². The Morgan fingerprint density at radius 1 is 1.24 bits per heavy atom. The molecule has 33 heavy (non-hydrogen) atoms. The van der Waals surface area contributed by atoms with E-state index >= 15 is 0 Å². The van der Waals surface area contributed by atoms with E-state index in [1.807, 2.05) is 24.3 Å². The van der Waals surface area contributed by atoms with E-state index in [2.05, 4.69) is 0 Å². The number of thioether (sulfide) groups is 1. The number of hydrogen-bond acceptors (Lipinski definition) is 5. The first-order valence-electron chi connectivity index (χ1n) is 9.93. The van der Waals surface area contributed by atoms with Crippen molar-refractivity contribution in [2.24, 2.45) is 7.05 Å². The second-order valence-electron chi connectivity index (χ2n) is 7.30. The zero-order valence-electron chi connectivity index (χ0n) is 17.4. The Balaban J connectivity index is 1.73. The molecule has 1 amide bonds. The number of ether oxygens (including phenoxy) is 1. The van der Waals surface area contributed by atoms with Crippen molar-refractivity contribution in [3.63, 3.8) is 0 Å². The molecule has 0 atom stereocenters. The Bertz CT molecular complexity index is 1320. The van der Waals surface area contributed by atoms with Crippen LogP contribution >= 0.6 is 24.0 Å². The number of aromatic nitrogens is 1. The largest absolute Gasteiger partial charge is 0.481 e. The number of halogens is 2. The van der Waals surface area contributed by atoms with Crippen molar-refractivity contribution in [1.82, 2.24) is 9.47 Å². The number of rotatable bonds is 7. The fraction of sp³-hybridized carbons (Fsp3) is 0.174. The van der Waals surface area contributed by atoms with Gasteiger partial charge in [0.1, 0.15) is 10.1 Å². The number of nitrogens with zero attached hydrogens (tertiary/aromatic N) is 2. The lowest BCUT2D eigenvalue weighted by molar-refractivity contribution is -0.137. The summed E-state index contributed by atoms with van der Waals surface area (Å²) in [6.07, 6.45) is 1.85. The Kier molecular flexibility index (Phi) is 6.48. The van der Waals surface area contributed by atoms with Crippen LogP contribution in [-0.2, 0) is 16.6 Å². The Hall–Kier alpha value is -3.24. The first-order chi connectivity index (χ1) is 15.8. The minimum absolute atomic E-state index is 0.0688. The van der Waals surface area contributed by atoms with E-state index in [-0.39, 0.29) is 36.9 Å². The molecule has 1 aliphatic heterocycles. The van der Waals surface area contributed by atoms with Gasteiger partial charge in [0.05, 0.1) is 10.4 Å². The van der Waals surface area contributed by atoms with Crippen LogP contribution in [0.15, 0.2) is 47.4 Å². The zero-order chi connectivity index (χ0) is 23.7. The highest BCUT2D eigenvalue weighted by Gasteiger charge is 2.32. The van der Waals surface area contributed by atoms with Gasteiger partial charge in [-0.3, -0.25) is 14.5 Å². The fourth-order valence-corrected chi connectivity index (χ4v) is 4.83. The van der Waals surface area contributed by atoms with E-state index in [0.29, 0.717) is 14.8 Å². The van der Waals surface area contributed by atoms with Crippen molar-refractivity contribution in [3.8, 4) is 11.6 Å². The summed E-state index contributed by atoms with van der Waals surface area (Å²) in [7, 11) is 1.74. The number of carbonyl (C=O) groups is 2. The maximum absolute atomic E-state index is 14.3. The van der Waals surface area contributed by atoms with E-state index in [4.69, 9.17) is 22.1 Å². The molecule has 4 rings (SSSR count). The second kappa shape index (κ2) is 9.32. The minimum Gasteiger partial charge on any atom is -0.481 e. The van der Waals surface area contributed by atoms with Gasteiger partial charge in [0.2, 0.25) is 5.88 Å². The number of aliphatic carboxylic acids is 1. The van der Waals surface area contributed by atoms with Crippen LogP contribution in [0.1, 0.15) is 18.4 Å². The minimum atomic E-state index is -0.943. The SMILES string of the molecule is Cn1c(Oc2ccc(F)cc2F)c(/C=C2/SC(=S)N(CCCC(=O)O)C2=O)c2ccccc21. The van der Waals surface area contributed by atoms with E-state index in [0.717, 1.165) is 34.8 Å². The summed E-state index contributed by atoms with van der Waals surface area (Å²) < 4.78 is 35.5. The van der Waals surface area contributed by atoms with Crippen LogP contribution in [0.5, 0.6) is 11.6 Å². The predicted octanol–water partition coefficient (Wildman–Crippen LogP) is 5.31. The molecule has 0 spiro atoms. The average Bonchev–Trinajstić information content (AvgIpc) is 3.18. The molecule has 0 unspecified atom stereocenters. The Labute approximate surface area is 197 Å². The van der Waals surface area contributed by atoms with Crippen molar-refractivity contribution in [2.45, 2.75) is 12.8 Å². The van der Waals surface area contributed by atoms with Crippen LogP contribution in [0.4, 0.5) is 8.78 Å². The lowest BCUT2D eigenvalue weighted by Crippen LogP contribution is -2.29. The normalized spacial score (nSPS) is 15.1. The topological polar surface area (TPSA) is 71.8 Å². The molecule has 0 bridgehead atoms. The van der Waals surface area contributed by atoms with Crippen molar-refractivity contribution < 1.29 is 28.2 Å². The average molecular weight is 489 g/mol.